The molecule has 0 spiro atoms. The number of nitrogens with zero attached hydrogens (tertiary/aromatic N) is 3. The molecule has 36 heavy (non-hydrogen) atoms. The molecule has 2 aromatic carbocycles. The lowest BCUT2D eigenvalue weighted by Crippen LogP contribution is -2.45. The molecule has 1 saturated carbocycles. The molecule has 0 amide bonds. The Hall–Kier alpha value is -2.94. The van der Waals surface area contributed by atoms with Gasteiger partial charge in [-0.05, 0) is 63.1 Å². The highest BCUT2D eigenvalue weighted by Crippen LogP contribution is 2.40. The Kier molecular flexibility index (Phi) is 7.01. The topological polar surface area (TPSA) is 108 Å². The zero-order valence-electron chi connectivity index (χ0n) is 20.9. The first kappa shape index (κ1) is 24.7. The molecule has 8 nitrogen and oxygen atoms in total. The Morgan fingerprint density at radius 1 is 1.11 bits per heavy atom. The van der Waals surface area contributed by atoms with E-state index in [1.807, 2.05) is 47.4 Å². The van der Waals surface area contributed by atoms with E-state index in [9.17, 15) is 20.1 Å². The number of aliphatic hydroxyl groups is 2. The van der Waals surface area contributed by atoms with E-state index in [1.165, 1.54) is 7.11 Å². The fourth-order valence-electron chi connectivity index (χ4n) is 6.01. The molecule has 3 N–H and O–H groups in total. The van der Waals surface area contributed by atoms with Gasteiger partial charge < -0.3 is 29.5 Å². The highest BCUT2D eigenvalue weighted by Gasteiger charge is 2.33. The molecule has 2 unspecified atom stereocenters. The zero-order valence-corrected chi connectivity index (χ0v) is 20.9. The van der Waals surface area contributed by atoms with Crippen LogP contribution in [0.15, 0.2) is 42.5 Å². The lowest BCUT2D eigenvalue weighted by atomic mass is 9.91. The third-order valence-corrected chi connectivity index (χ3v) is 7.95. The predicted octanol–water partition coefficient (Wildman–Crippen LogP) is 3.99. The van der Waals surface area contributed by atoms with Crippen LogP contribution in [0.2, 0.25) is 0 Å². The van der Waals surface area contributed by atoms with Crippen LogP contribution in [0.25, 0.3) is 11.0 Å². The number of aryl methyl sites for hydroxylation is 1. The average molecular weight is 494 g/mol. The van der Waals surface area contributed by atoms with Gasteiger partial charge in [-0.25, -0.2) is 4.98 Å². The molecule has 5 rings (SSSR count). The Bertz CT molecular complexity index is 1220. The van der Waals surface area contributed by atoms with E-state index < -0.39 is 18.3 Å². The van der Waals surface area contributed by atoms with Crippen LogP contribution in [-0.4, -0.2) is 56.5 Å². The summed E-state index contributed by atoms with van der Waals surface area (Å²) in [7, 11) is 1.49. The number of methoxy groups -OCH3 is 1. The van der Waals surface area contributed by atoms with Crippen LogP contribution in [0.4, 0.5) is 5.69 Å². The second kappa shape index (κ2) is 10.2. The number of benzene rings is 2. The molecule has 1 aliphatic heterocycles. The maximum absolute atomic E-state index is 12.4. The summed E-state index contributed by atoms with van der Waals surface area (Å²) >= 11 is 0. The number of carboxylic acids is 1. The fraction of sp³-hybridized carbons (Fsp3) is 0.500. The van der Waals surface area contributed by atoms with Gasteiger partial charge in [-0.1, -0.05) is 30.3 Å². The quantitative estimate of drug-likeness (QED) is 0.427. The van der Waals surface area contributed by atoms with Crippen molar-refractivity contribution in [1.29, 1.82) is 0 Å². The average Bonchev–Trinajstić information content (AvgIpc) is 3.26. The van der Waals surface area contributed by atoms with Gasteiger partial charge in [0.05, 0.1) is 23.1 Å². The molecule has 0 bridgehead atoms. The Balaban J connectivity index is 1.64. The van der Waals surface area contributed by atoms with Crippen LogP contribution in [-0.2, 0) is 22.4 Å². The summed E-state index contributed by atoms with van der Waals surface area (Å²) in [6, 6.07) is 13.7. The van der Waals surface area contributed by atoms with Gasteiger partial charge in [-0.2, -0.15) is 0 Å². The van der Waals surface area contributed by atoms with Crippen molar-refractivity contribution in [3.8, 4) is 0 Å². The highest BCUT2D eigenvalue weighted by molar-refractivity contribution is 5.87. The number of carbonyl (C=O) groups is 1. The number of hydrogen-bond donors (Lipinski definition) is 3. The van der Waals surface area contributed by atoms with Gasteiger partial charge in [0.2, 0.25) is 6.41 Å². The van der Waals surface area contributed by atoms with Crippen molar-refractivity contribution in [2.24, 2.45) is 0 Å². The molecule has 1 fully saturated rings. The van der Waals surface area contributed by atoms with Crippen LogP contribution >= 0.6 is 0 Å². The second-order valence-corrected chi connectivity index (χ2v) is 10.2. The highest BCUT2D eigenvalue weighted by atomic mass is 16.6. The Morgan fingerprint density at radius 2 is 1.83 bits per heavy atom. The first-order chi connectivity index (χ1) is 17.4. The molecule has 0 radical (unpaired) electrons. The van der Waals surface area contributed by atoms with Crippen molar-refractivity contribution in [3.05, 3.63) is 59.4 Å². The van der Waals surface area contributed by atoms with E-state index in [1.54, 1.807) is 0 Å². The molecule has 3 aromatic rings. The van der Waals surface area contributed by atoms with Crippen molar-refractivity contribution in [3.63, 3.8) is 0 Å². The molecular weight excluding hydrogens is 458 g/mol. The van der Waals surface area contributed by atoms with E-state index in [0.717, 1.165) is 72.2 Å². The lowest BCUT2D eigenvalue weighted by molar-refractivity contribution is -0.138. The smallest absolute Gasteiger partial charge is 0.311 e. The molecule has 3 atom stereocenters. The van der Waals surface area contributed by atoms with Crippen LogP contribution in [0, 0.1) is 0 Å². The second-order valence-electron chi connectivity index (χ2n) is 10.2. The molecule has 0 saturated heterocycles. The molecule has 1 aromatic heterocycles. The number of imidazole rings is 1. The monoisotopic (exact) mass is 493 g/mol. The van der Waals surface area contributed by atoms with Gasteiger partial charge in [0.1, 0.15) is 5.82 Å². The summed E-state index contributed by atoms with van der Waals surface area (Å²) < 4.78 is 7.49. The SMILES string of the molecule is COC(O)N1c2ccc3c(nc(CC(C(=O)O)c4ccccc4)n3C3CCC(O)CC3)c2CC[C@@H]1C. The number of anilines is 1. The number of aromatic nitrogens is 2. The summed E-state index contributed by atoms with van der Waals surface area (Å²) in [6.45, 7) is 2.07. The van der Waals surface area contributed by atoms with E-state index in [2.05, 4.69) is 11.5 Å². The van der Waals surface area contributed by atoms with Crippen molar-refractivity contribution in [2.75, 3.05) is 12.0 Å². The van der Waals surface area contributed by atoms with Gasteiger partial charge in [-0.3, -0.25) is 4.79 Å². The van der Waals surface area contributed by atoms with Crippen LogP contribution < -0.4 is 4.90 Å². The van der Waals surface area contributed by atoms with E-state index in [0.29, 0.717) is 0 Å². The number of aliphatic hydroxyl groups excluding tert-OH is 2. The van der Waals surface area contributed by atoms with Gasteiger partial charge in [0.25, 0.3) is 0 Å². The summed E-state index contributed by atoms with van der Waals surface area (Å²) in [6.07, 6.45) is 3.72. The van der Waals surface area contributed by atoms with Crippen molar-refractivity contribution >= 4 is 22.7 Å². The largest absolute Gasteiger partial charge is 0.481 e. The number of ether oxygens (including phenoxy) is 1. The van der Waals surface area contributed by atoms with Gasteiger partial charge in [0, 0.05) is 36.9 Å². The molecule has 2 heterocycles. The van der Waals surface area contributed by atoms with E-state index >= 15 is 0 Å². The first-order valence-corrected chi connectivity index (χ1v) is 12.9. The third kappa shape index (κ3) is 4.49. The number of hydrogen-bond acceptors (Lipinski definition) is 6. The Labute approximate surface area is 211 Å². The molecule has 8 heteroatoms. The van der Waals surface area contributed by atoms with Crippen LogP contribution in [0.5, 0.6) is 0 Å². The number of carboxylic acid groups (broad SMARTS) is 1. The zero-order chi connectivity index (χ0) is 25.4. The van der Waals surface area contributed by atoms with Crippen molar-refractivity contribution in [2.45, 2.75) is 82.4 Å². The predicted molar refractivity (Wildman–Crippen MR) is 137 cm³/mol. The molecular formula is C28H35N3O5. The molecule has 192 valence electrons. The first-order valence-electron chi connectivity index (χ1n) is 12.9. The number of rotatable bonds is 7. The van der Waals surface area contributed by atoms with Crippen molar-refractivity contribution in [1.82, 2.24) is 9.55 Å². The minimum absolute atomic E-state index is 0.112. The maximum Gasteiger partial charge on any atom is 0.311 e. The van der Waals surface area contributed by atoms with Crippen LogP contribution in [0.1, 0.15) is 67.9 Å². The van der Waals surface area contributed by atoms with E-state index in [-0.39, 0.29) is 24.6 Å². The van der Waals surface area contributed by atoms with Gasteiger partial charge >= 0.3 is 5.97 Å². The fourth-order valence-corrected chi connectivity index (χ4v) is 6.01. The summed E-state index contributed by atoms with van der Waals surface area (Å²) in [5.74, 6) is -0.823. The van der Waals surface area contributed by atoms with Gasteiger partial charge in [-0.15, -0.1) is 0 Å². The summed E-state index contributed by atoms with van der Waals surface area (Å²) in [4.78, 5) is 19.3. The summed E-state index contributed by atoms with van der Waals surface area (Å²) in [5.41, 5.74) is 4.58. The molecule has 1 aliphatic carbocycles. The molecule has 2 aliphatic rings. The minimum atomic E-state index is -1.05. The van der Waals surface area contributed by atoms with Crippen molar-refractivity contribution < 1.29 is 24.9 Å². The Morgan fingerprint density at radius 3 is 2.50 bits per heavy atom. The van der Waals surface area contributed by atoms with Crippen LogP contribution in [0.3, 0.4) is 0 Å². The standard InChI is InChI=1S/C28H35N3O5/c1-17-8-13-21-23(30(17)28(35)36-2)14-15-24-26(21)29-25(31(24)19-9-11-20(32)12-10-19)16-22(27(33)34)18-6-4-3-5-7-18/h3-7,14-15,17,19-20,22,28,32,35H,8-13,16H2,1-2H3,(H,33,34)/t17-,19?,20?,22?,28?/m0/s1. The third-order valence-electron chi connectivity index (χ3n) is 7.95. The van der Waals surface area contributed by atoms with E-state index in [4.69, 9.17) is 9.72 Å². The normalized spacial score (nSPS) is 23.9. The minimum Gasteiger partial charge on any atom is -0.481 e. The maximum atomic E-state index is 12.4. The summed E-state index contributed by atoms with van der Waals surface area (Å²) in [5, 5.41) is 30.8. The number of aliphatic carboxylic acids is 1. The van der Waals surface area contributed by atoms with Gasteiger partial charge in [0.15, 0.2) is 0 Å². The number of fused-ring (bicyclic) bond motifs is 3. The lowest BCUT2D eigenvalue weighted by Gasteiger charge is -2.39.